The van der Waals surface area contributed by atoms with Crippen LogP contribution >= 0.6 is 0 Å². The van der Waals surface area contributed by atoms with Crippen molar-refractivity contribution >= 4 is 22.9 Å². The molecule has 29 heavy (non-hydrogen) atoms. The maximum absolute atomic E-state index is 4.54. The fraction of sp³-hybridized carbons (Fsp3) is 0.217. The van der Waals surface area contributed by atoms with E-state index in [-0.39, 0.29) is 0 Å². The summed E-state index contributed by atoms with van der Waals surface area (Å²) in [4.78, 5) is 11.5. The standard InChI is InChI=1S/C23H22N6/c1-4-10-18(11-5-1)21(28-14-8-3-9-15-28)16-20-22-23(25-17-24-20)29(27-26-22)19-12-6-2-7-13-19/h1-2,4-7,10-13,16-17H,3,8-9,14-15H2/b21-16+. The number of hydrogen-bond acceptors (Lipinski definition) is 5. The van der Waals surface area contributed by atoms with Crippen molar-refractivity contribution in [2.75, 3.05) is 13.1 Å². The number of piperidine rings is 1. The van der Waals surface area contributed by atoms with Crippen LogP contribution in [0.25, 0.3) is 28.6 Å². The lowest BCUT2D eigenvalue weighted by Crippen LogP contribution is -2.28. The molecule has 0 N–H and O–H groups in total. The normalized spacial score (nSPS) is 15.0. The molecule has 1 aliphatic heterocycles. The van der Waals surface area contributed by atoms with Gasteiger partial charge in [0, 0.05) is 18.8 Å². The average molecular weight is 382 g/mol. The topological polar surface area (TPSA) is 59.7 Å². The number of hydrogen-bond donors (Lipinski definition) is 0. The molecule has 144 valence electrons. The third-order valence-electron chi connectivity index (χ3n) is 5.31. The van der Waals surface area contributed by atoms with Crippen molar-refractivity contribution in [3.8, 4) is 5.69 Å². The predicted octanol–water partition coefficient (Wildman–Crippen LogP) is 4.19. The van der Waals surface area contributed by atoms with Gasteiger partial charge in [-0.2, -0.15) is 4.68 Å². The molecule has 5 rings (SSSR count). The van der Waals surface area contributed by atoms with Gasteiger partial charge in [-0.15, -0.1) is 5.10 Å². The van der Waals surface area contributed by atoms with Crippen LogP contribution < -0.4 is 0 Å². The van der Waals surface area contributed by atoms with Crippen LogP contribution in [0.2, 0.25) is 0 Å². The van der Waals surface area contributed by atoms with Crippen LogP contribution in [-0.2, 0) is 0 Å². The first-order valence-electron chi connectivity index (χ1n) is 10.0. The van der Waals surface area contributed by atoms with Gasteiger partial charge in [-0.1, -0.05) is 53.7 Å². The van der Waals surface area contributed by atoms with Gasteiger partial charge in [-0.25, -0.2) is 9.97 Å². The summed E-state index contributed by atoms with van der Waals surface area (Å²) in [6, 6.07) is 20.4. The summed E-state index contributed by atoms with van der Waals surface area (Å²) >= 11 is 0. The van der Waals surface area contributed by atoms with E-state index in [1.165, 1.54) is 30.5 Å². The van der Waals surface area contributed by atoms with E-state index in [0.29, 0.717) is 11.2 Å². The highest BCUT2D eigenvalue weighted by molar-refractivity contribution is 5.88. The number of para-hydroxylation sites is 1. The minimum atomic E-state index is 0.710. The van der Waals surface area contributed by atoms with Crippen molar-refractivity contribution in [2.45, 2.75) is 19.3 Å². The summed E-state index contributed by atoms with van der Waals surface area (Å²) in [5.41, 5.74) is 5.52. The third kappa shape index (κ3) is 3.49. The molecule has 1 saturated heterocycles. The van der Waals surface area contributed by atoms with E-state index >= 15 is 0 Å². The van der Waals surface area contributed by atoms with E-state index < -0.39 is 0 Å². The van der Waals surface area contributed by atoms with Crippen LogP contribution in [-0.4, -0.2) is 43.0 Å². The maximum Gasteiger partial charge on any atom is 0.187 e. The zero-order valence-electron chi connectivity index (χ0n) is 16.1. The van der Waals surface area contributed by atoms with Crippen LogP contribution in [0.5, 0.6) is 0 Å². The Labute approximate surface area is 169 Å². The quantitative estimate of drug-likeness (QED) is 0.530. The summed E-state index contributed by atoms with van der Waals surface area (Å²) in [6.07, 6.45) is 7.45. The first kappa shape index (κ1) is 17.6. The molecule has 0 aliphatic carbocycles. The van der Waals surface area contributed by atoms with E-state index in [9.17, 15) is 0 Å². The summed E-state index contributed by atoms with van der Waals surface area (Å²) in [7, 11) is 0. The first-order chi connectivity index (χ1) is 14.4. The minimum Gasteiger partial charge on any atom is -0.371 e. The molecule has 1 fully saturated rings. The van der Waals surface area contributed by atoms with E-state index in [4.69, 9.17) is 0 Å². The molecule has 0 saturated carbocycles. The largest absolute Gasteiger partial charge is 0.371 e. The minimum absolute atomic E-state index is 0.710. The van der Waals surface area contributed by atoms with Gasteiger partial charge in [0.1, 0.15) is 6.33 Å². The van der Waals surface area contributed by atoms with Crippen LogP contribution in [0, 0.1) is 0 Å². The number of nitrogens with zero attached hydrogens (tertiary/aromatic N) is 6. The van der Waals surface area contributed by atoms with Crippen LogP contribution in [0.3, 0.4) is 0 Å². The Bertz CT molecular complexity index is 1130. The Kier molecular flexibility index (Phi) is 4.74. The van der Waals surface area contributed by atoms with Crippen molar-refractivity contribution in [1.82, 2.24) is 29.9 Å². The summed E-state index contributed by atoms with van der Waals surface area (Å²) in [5.74, 6) is 0. The maximum atomic E-state index is 4.54. The fourth-order valence-electron chi connectivity index (χ4n) is 3.84. The van der Waals surface area contributed by atoms with Crippen molar-refractivity contribution in [2.24, 2.45) is 0 Å². The number of likely N-dealkylation sites (tertiary alicyclic amines) is 1. The molecule has 0 amide bonds. The SMILES string of the molecule is C(=C(/c1ccccc1)N1CCCCC1)/c1ncnc2c1nnn2-c1ccccc1. The van der Waals surface area contributed by atoms with Crippen LogP contribution in [0.1, 0.15) is 30.5 Å². The molecule has 0 radical (unpaired) electrons. The lowest BCUT2D eigenvalue weighted by molar-refractivity contribution is 0.327. The highest BCUT2D eigenvalue weighted by Crippen LogP contribution is 2.27. The molecule has 1 aliphatic rings. The van der Waals surface area contributed by atoms with Gasteiger partial charge in [-0.3, -0.25) is 0 Å². The van der Waals surface area contributed by atoms with Crippen LogP contribution in [0.4, 0.5) is 0 Å². The van der Waals surface area contributed by atoms with Gasteiger partial charge in [0.15, 0.2) is 11.2 Å². The van der Waals surface area contributed by atoms with Gasteiger partial charge in [0.25, 0.3) is 0 Å². The molecule has 0 unspecified atom stereocenters. The highest BCUT2D eigenvalue weighted by Gasteiger charge is 2.17. The number of aromatic nitrogens is 5. The van der Waals surface area contributed by atoms with E-state index in [1.54, 1.807) is 11.0 Å². The average Bonchev–Trinajstić information content (AvgIpc) is 3.24. The van der Waals surface area contributed by atoms with Gasteiger partial charge in [-0.05, 0) is 43.0 Å². The molecule has 0 spiro atoms. The first-order valence-corrected chi connectivity index (χ1v) is 10.0. The molecule has 4 aromatic rings. The molecule has 0 atom stereocenters. The molecule has 3 heterocycles. The zero-order chi connectivity index (χ0) is 19.5. The van der Waals surface area contributed by atoms with Crippen molar-refractivity contribution < 1.29 is 0 Å². The summed E-state index contributed by atoms with van der Waals surface area (Å²) < 4.78 is 1.76. The molecule has 6 heteroatoms. The second kappa shape index (κ2) is 7.83. The number of rotatable bonds is 4. The Morgan fingerprint density at radius 3 is 2.31 bits per heavy atom. The number of benzene rings is 2. The van der Waals surface area contributed by atoms with E-state index in [0.717, 1.165) is 24.5 Å². The lowest BCUT2D eigenvalue weighted by atomic mass is 10.1. The Morgan fingerprint density at radius 2 is 1.55 bits per heavy atom. The lowest BCUT2D eigenvalue weighted by Gasteiger charge is -2.31. The van der Waals surface area contributed by atoms with Gasteiger partial charge >= 0.3 is 0 Å². The van der Waals surface area contributed by atoms with Crippen LogP contribution in [0.15, 0.2) is 67.0 Å². The summed E-state index contributed by atoms with van der Waals surface area (Å²) in [6.45, 7) is 2.12. The van der Waals surface area contributed by atoms with Gasteiger partial charge < -0.3 is 4.90 Å². The predicted molar refractivity (Wildman–Crippen MR) is 114 cm³/mol. The molecular weight excluding hydrogens is 360 g/mol. The number of fused-ring (bicyclic) bond motifs is 1. The van der Waals surface area contributed by atoms with Crippen molar-refractivity contribution in [1.29, 1.82) is 0 Å². The molecule has 6 nitrogen and oxygen atoms in total. The van der Waals surface area contributed by atoms with Crippen molar-refractivity contribution in [3.63, 3.8) is 0 Å². The van der Waals surface area contributed by atoms with Gasteiger partial charge in [0.05, 0.1) is 11.4 Å². The van der Waals surface area contributed by atoms with Crippen molar-refractivity contribution in [3.05, 3.63) is 78.2 Å². The Morgan fingerprint density at radius 1 is 0.828 bits per heavy atom. The second-order valence-electron chi connectivity index (χ2n) is 7.21. The van der Waals surface area contributed by atoms with Gasteiger partial charge in [0.2, 0.25) is 0 Å². The second-order valence-corrected chi connectivity index (χ2v) is 7.21. The zero-order valence-corrected chi connectivity index (χ0v) is 16.1. The van der Waals surface area contributed by atoms with E-state index in [2.05, 4.69) is 55.5 Å². The highest BCUT2D eigenvalue weighted by atomic mass is 15.4. The summed E-state index contributed by atoms with van der Waals surface area (Å²) in [5, 5.41) is 8.75. The molecule has 2 aromatic carbocycles. The Balaban J connectivity index is 1.63. The molecular formula is C23H22N6. The third-order valence-corrected chi connectivity index (χ3v) is 5.31. The monoisotopic (exact) mass is 382 g/mol. The fourth-order valence-corrected chi connectivity index (χ4v) is 3.84. The molecule has 0 bridgehead atoms. The smallest absolute Gasteiger partial charge is 0.187 e. The Hall–Kier alpha value is -3.54. The van der Waals surface area contributed by atoms with E-state index in [1.807, 2.05) is 36.4 Å². The molecule has 2 aromatic heterocycles.